The molecule has 16 heavy (non-hydrogen) atoms. The van der Waals surface area contributed by atoms with Crippen LogP contribution >= 0.6 is 27.3 Å². The number of nitrogens with one attached hydrogen (secondary N) is 1. The van der Waals surface area contributed by atoms with Crippen molar-refractivity contribution in [1.29, 1.82) is 0 Å². The summed E-state index contributed by atoms with van der Waals surface area (Å²) in [6.45, 7) is 2.45. The van der Waals surface area contributed by atoms with E-state index in [1.165, 1.54) is 6.08 Å². The van der Waals surface area contributed by atoms with Gasteiger partial charge in [0.1, 0.15) is 0 Å². The van der Waals surface area contributed by atoms with E-state index in [0.29, 0.717) is 6.54 Å². The summed E-state index contributed by atoms with van der Waals surface area (Å²) in [5, 5.41) is 11.5. The lowest BCUT2D eigenvalue weighted by Crippen LogP contribution is -2.27. The lowest BCUT2D eigenvalue weighted by atomic mass is 10.2. The third-order valence-corrected chi connectivity index (χ3v) is 3.52. The Bertz CT molecular complexity index is 376. The maximum atomic E-state index is 11.4. The molecule has 0 aliphatic carbocycles. The van der Waals surface area contributed by atoms with Gasteiger partial charge in [0.2, 0.25) is 5.91 Å². The van der Waals surface area contributed by atoms with E-state index in [1.807, 2.05) is 19.1 Å². The topological polar surface area (TPSA) is 49.3 Å². The zero-order valence-electron chi connectivity index (χ0n) is 8.94. The van der Waals surface area contributed by atoms with Crippen molar-refractivity contribution in [1.82, 2.24) is 5.32 Å². The van der Waals surface area contributed by atoms with Crippen molar-refractivity contribution >= 4 is 39.2 Å². The van der Waals surface area contributed by atoms with Gasteiger partial charge in [0, 0.05) is 24.1 Å². The van der Waals surface area contributed by atoms with Crippen LogP contribution in [0.1, 0.15) is 11.8 Å². The molecule has 1 unspecified atom stereocenters. The average Bonchev–Trinajstić information content (AvgIpc) is 2.69. The summed E-state index contributed by atoms with van der Waals surface area (Å²) in [5.74, 6) is -0.0435. The molecule has 0 radical (unpaired) electrons. The predicted molar refractivity (Wildman–Crippen MR) is 70.3 cm³/mol. The van der Waals surface area contributed by atoms with Crippen molar-refractivity contribution in [2.75, 3.05) is 13.2 Å². The quantitative estimate of drug-likeness (QED) is 0.820. The first-order chi connectivity index (χ1) is 7.61. The number of carbonyl (C=O) groups excluding carboxylic acids is 1. The molecule has 1 aromatic heterocycles. The molecule has 0 fully saturated rings. The summed E-state index contributed by atoms with van der Waals surface area (Å²) in [6.07, 6.45) is 3.27. The molecule has 1 heterocycles. The second kappa shape index (κ2) is 6.83. The Morgan fingerprint density at radius 3 is 3.00 bits per heavy atom. The molecule has 88 valence electrons. The first kappa shape index (κ1) is 13.4. The molecule has 0 aliphatic rings. The number of hydrogen-bond donors (Lipinski definition) is 2. The Balaban J connectivity index is 2.36. The molecule has 0 spiro atoms. The SMILES string of the molecule is CC(CO)CNC(=O)C=Cc1ccc(Br)s1. The third-order valence-electron chi connectivity index (χ3n) is 1.93. The Kier molecular flexibility index (Phi) is 5.73. The molecular weight excluding hydrogens is 290 g/mol. The van der Waals surface area contributed by atoms with E-state index in [9.17, 15) is 4.79 Å². The van der Waals surface area contributed by atoms with Crippen LogP contribution < -0.4 is 5.32 Å². The van der Waals surface area contributed by atoms with Crippen LogP contribution in [0.15, 0.2) is 22.0 Å². The molecule has 0 saturated carbocycles. The molecule has 5 heteroatoms. The highest BCUT2D eigenvalue weighted by Crippen LogP contribution is 2.22. The number of aliphatic hydroxyl groups is 1. The van der Waals surface area contributed by atoms with Crippen LogP contribution in [0.4, 0.5) is 0 Å². The van der Waals surface area contributed by atoms with Crippen LogP contribution in [-0.2, 0) is 4.79 Å². The summed E-state index contributed by atoms with van der Waals surface area (Å²) >= 11 is 4.92. The van der Waals surface area contributed by atoms with E-state index >= 15 is 0 Å². The van der Waals surface area contributed by atoms with Crippen molar-refractivity contribution in [3.8, 4) is 0 Å². The van der Waals surface area contributed by atoms with Crippen LogP contribution in [0, 0.1) is 5.92 Å². The smallest absolute Gasteiger partial charge is 0.244 e. The summed E-state index contributed by atoms with van der Waals surface area (Å²) in [7, 11) is 0. The molecule has 3 nitrogen and oxygen atoms in total. The van der Waals surface area contributed by atoms with Gasteiger partial charge in [-0.3, -0.25) is 4.79 Å². The van der Waals surface area contributed by atoms with Crippen LogP contribution in [0.2, 0.25) is 0 Å². The maximum absolute atomic E-state index is 11.4. The minimum absolute atomic E-state index is 0.0852. The number of hydrogen-bond acceptors (Lipinski definition) is 3. The van der Waals surface area contributed by atoms with Crippen molar-refractivity contribution in [3.63, 3.8) is 0 Å². The van der Waals surface area contributed by atoms with Gasteiger partial charge in [-0.15, -0.1) is 11.3 Å². The van der Waals surface area contributed by atoms with Crippen molar-refractivity contribution in [2.45, 2.75) is 6.92 Å². The lowest BCUT2D eigenvalue weighted by Gasteiger charge is -2.07. The van der Waals surface area contributed by atoms with Gasteiger partial charge in [-0.05, 0) is 40.1 Å². The molecule has 0 aliphatic heterocycles. The number of aliphatic hydroxyl groups excluding tert-OH is 1. The molecule has 1 aromatic rings. The van der Waals surface area contributed by atoms with Gasteiger partial charge in [-0.2, -0.15) is 0 Å². The van der Waals surface area contributed by atoms with Gasteiger partial charge in [0.15, 0.2) is 0 Å². The van der Waals surface area contributed by atoms with Gasteiger partial charge in [0.25, 0.3) is 0 Å². The van der Waals surface area contributed by atoms with Crippen LogP contribution in [0.25, 0.3) is 6.08 Å². The maximum Gasteiger partial charge on any atom is 0.244 e. The van der Waals surface area contributed by atoms with Crippen LogP contribution in [-0.4, -0.2) is 24.2 Å². The largest absolute Gasteiger partial charge is 0.396 e. The lowest BCUT2D eigenvalue weighted by molar-refractivity contribution is -0.116. The van der Waals surface area contributed by atoms with E-state index in [0.717, 1.165) is 8.66 Å². The predicted octanol–water partition coefficient (Wildman–Crippen LogP) is 2.27. The highest BCUT2D eigenvalue weighted by Gasteiger charge is 2.01. The summed E-state index contributed by atoms with van der Waals surface area (Å²) < 4.78 is 1.04. The highest BCUT2D eigenvalue weighted by molar-refractivity contribution is 9.11. The summed E-state index contributed by atoms with van der Waals surface area (Å²) in [4.78, 5) is 12.4. The van der Waals surface area contributed by atoms with E-state index in [-0.39, 0.29) is 18.4 Å². The summed E-state index contributed by atoms with van der Waals surface area (Å²) in [6, 6.07) is 3.88. The summed E-state index contributed by atoms with van der Waals surface area (Å²) in [5.41, 5.74) is 0. The Morgan fingerprint density at radius 2 is 2.44 bits per heavy atom. The first-order valence-corrected chi connectivity index (χ1v) is 6.55. The average molecular weight is 304 g/mol. The normalized spacial score (nSPS) is 12.9. The Morgan fingerprint density at radius 1 is 1.69 bits per heavy atom. The molecule has 0 bridgehead atoms. The fourth-order valence-corrected chi connectivity index (χ4v) is 2.30. The monoisotopic (exact) mass is 303 g/mol. The van der Waals surface area contributed by atoms with Crippen LogP contribution in [0.3, 0.4) is 0 Å². The van der Waals surface area contributed by atoms with Gasteiger partial charge in [-0.25, -0.2) is 0 Å². The number of thiophene rings is 1. The minimum atomic E-state index is -0.134. The van der Waals surface area contributed by atoms with E-state index in [1.54, 1.807) is 17.4 Å². The zero-order valence-corrected chi connectivity index (χ0v) is 11.3. The number of carbonyl (C=O) groups is 1. The molecule has 1 atom stereocenters. The second-order valence-corrected chi connectivity index (χ2v) is 6.00. The molecule has 0 saturated heterocycles. The zero-order chi connectivity index (χ0) is 12.0. The Labute approximate surface area is 107 Å². The van der Waals surface area contributed by atoms with E-state index in [4.69, 9.17) is 5.11 Å². The van der Waals surface area contributed by atoms with E-state index < -0.39 is 0 Å². The van der Waals surface area contributed by atoms with Crippen LogP contribution in [0.5, 0.6) is 0 Å². The standard InChI is InChI=1S/C11H14BrNO2S/c1-8(7-14)6-13-11(15)5-3-9-2-4-10(12)16-9/h2-5,8,14H,6-7H2,1H3,(H,13,15). The first-order valence-electron chi connectivity index (χ1n) is 4.94. The highest BCUT2D eigenvalue weighted by atomic mass is 79.9. The molecule has 1 rings (SSSR count). The van der Waals surface area contributed by atoms with E-state index in [2.05, 4.69) is 21.2 Å². The van der Waals surface area contributed by atoms with Gasteiger partial charge >= 0.3 is 0 Å². The van der Waals surface area contributed by atoms with Gasteiger partial charge in [0.05, 0.1) is 3.79 Å². The Hall–Kier alpha value is -0.650. The molecule has 1 amide bonds. The molecular formula is C11H14BrNO2S. The number of halogens is 1. The fourth-order valence-electron chi connectivity index (χ4n) is 0.974. The van der Waals surface area contributed by atoms with Crippen molar-refractivity contribution in [2.24, 2.45) is 5.92 Å². The minimum Gasteiger partial charge on any atom is -0.396 e. The fraction of sp³-hybridized carbons (Fsp3) is 0.364. The van der Waals surface area contributed by atoms with Crippen molar-refractivity contribution in [3.05, 3.63) is 26.9 Å². The van der Waals surface area contributed by atoms with Crippen molar-refractivity contribution < 1.29 is 9.90 Å². The molecule has 2 N–H and O–H groups in total. The number of amides is 1. The van der Waals surface area contributed by atoms with Gasteiger partial charge < -0.3 is 10.4 Å². The number of rotatable bonds is 5. The second-order valence-electron chi connectivity index (χ2n) is 3.51. The third kappa shape index (κ3) is 4.92. The van der Waals surface area contributed by atoms with Gasteiger partial charge in [-0.1, -0.05) is 6.92 Å². The molecule has 0 aromatic carbocycles.